The van der Waals surface area contributed by atoms with Crippen LogP contribution < -0.4 is 11.1 Å². The van der Waals surface area contributed by atoms with E-state index in [4.69, 9.17) is 11.6 Å². The highest BCUT2D eigenvalue weighted by molar-refractivity contribution is 7.84. The van der Waals surface area contributed by atoms with Crippen molar-refractivity contribution in [3.63, 3.8) is 0 Å². The Morgan fingerprint density at radius 3 is 2.65 bits per heavy atom. The normalized spacial score (nSPS) is 14.2. The zero-order chi connectivity index (χ0) is 27.3. The molecule has 2 unspecified atom stereocenters. The Bertz CT molecular complexity index is 1560. The van der Waals surface area contributed by atoms with Crippen LogP contribution in [-0.2, 0) is 17.2 Å². The summed E-state index contributed by atoms with van der Waals surface area (Å²) in [7, 11) is -1.64. The number of aromatic amines is 1. The van der Waals surface area contributed by atoms with Gasteiger partial charge in [0, 0.05) is 36.0 Å². The van der Waals surface area contributed by atoms with Crippen molar-refractivity contribution >= 4 is 34.3 Å². The first-order valence-corrected chi connectivity index (χ1v) is 13.3. The highest BCUT2D eigenvalue weighted by Crippen LogP contribution is 2.27. The fourth-order valence-electron chi connectivity index (χ4n) is 3.84. The molecule has 0 saturated carbocycles. The molecule has 10 heteroatoms. The van der Waals surface area contributed by atoms with Crippen molar-refractivity contribution in [2.45, 2.75) is 38.0 Å². The highest BCUT2D eigenvalue weighted by atomic mass is 35.5. The summed E-state index contributed by atoms with van der Waals surface area (Å²) < 4.78 is 43.6. The number of benzene rings is 1. The SMILES string of the molecule is C/C=C/N=C(/C(F)=C/n1c(C)cc(C(C)Cc2cc[nH]c(=O)c2)c(Cl)c1=O)c1cccc(S(C)=O)c1F. The molecule has 0 aliphatic heterocycles. The number of pyridine rings is 2. The summed E-state index contributed by atoms with van der Waals surface area (Å²) in [6.07, 6.45) is 7.07. The molecule has 0 fully saturated rings. The Hall–Kier alpha value is -3.43. The molecule has 2 aromatic heterocycles. The van der Waals surface area contributed by atoms with Crippen LogP contribution in [-0.4, -0.2) is 25.7 Å². The van der Waals surface area contributed by atoms with Crippen LogP contribution >= 0.6 is 11.6 Å². The maximum absolute atomic E-state index is 15.6. The monoisotopic (exact) mass is 545 g/mol. The van der Waals surface area contributed by atoms with E-state index >= 15 is 8.78 Å². The van der Waals surface area contributed by atoms with Crippen molar-refractivity contribution in [1.29, 1.82) is 0 Å². The van der Waals surface area contributed by atoms with Crippen LogP contribution in [0.2, 0.25) is 5.02 Å². The molecule has 3 rings (SSSR count). The van der Waals surface area contributed by atoms with E-state index in [0.29, 0.717) is 17.7 Å². The third-order valence-electron chi connectivity index (χ3n) is 5.67. The number of aliphatic imine (C=N–C) groups is 1. The van der Waals surface area contributed by atoms with E-state index in [2.05, 4.69) is 9.98 Å². The second kappa shape index (κ2) is 12.2. The first-order valence-electron chi connectivity index (χ1n) is 11.3. The summed E-state index contributed by atoms with van der Waals surface area (Å²) in [4.78, 5) is 31.2. The topological polar surface area (TPSA) is 84.3 Å². The van der Waals surface area contributed by atoms with Gasteiger partial charge in [-0.3, -0.25) is 23.4 Å². The molecule has 6 nitrogen and oxygen atoms in total. The van der Waals surface area contributed by atoms with Crippen molar-refractivity contribution in [1.82, 2.24) is 9.55 Å². The number of aromatic nitrogens is 2. The molecule has 2 heterocycles. The van der Waals surface area contributed by atoms with E-state index in [1.54, 1.807) is 32.2 Å². The number of halogens is 3. The largest absolute Gasteiger partial charge is 0.329 e. The van der Waals surface area contributed by atoms with Gasteiger partial charge in [0.15, 0.2) is 5.83 Å². The number of nitrogens with one attached hydrogen (secondary N) is 1. The number of H-pyrrole nitrogens is 1. The number of nitrogens with zero attached hydrogens (tertiary/aromatic N) is 2. The quantitative estimate of drug-likeness (QED) is 0.379. The van der Waals surface area contributed by atoms with Gasteiger partial charge in [-0.1, -0.05) is 30.7 Å². The number of hydrogen-bond donors (Lipinski definition) is 1. The van der Waals surface area contributed by atoms with E-state index in [1.807, 2.05) is 6.92 Å². The summed E-state index contributed by atoms with van der Waals surface area (Å²) in [6.45, 7) is 5.16. The molecule has 3 aromatic rings. The minimum absolute atomic E-state index is 0.0892. The second-order valence-electron chi connectivity index (χ2n) is 8.41. The Balaban J connectivity index is 2.07. The van der Waals surface area contributed by atoms with Crippen LogP contribution in [0, 0.1) is 12.7 Å². The lowest BCUT2D eigenvalue weighted by atomic mass is 9.94. The predicted octanol–water partition coefficient (Wildman–Crippen LogP) is 5.51. The van der Waals surface area contributed by atoms with E-state index in [-0.39, 0.29) is 32.7 Å². The Kier molecular flexibility index (Phi) is 9.29. The van der Waals surface area contributed by atoms with Gasteiger partial charge in [-0.25, -0.2) is 8.78 Å². The lowest BCUT2D eigenvalue weighted by Gasteiger charge is -2.16. The molecule has 0 spiro atoms. The van der Waals surface area contributed by atoms with Crippen molar-refractivity contribution in [3.8, 4) is 0 Å². The summed E-state index contributed by atoms with van der Waals surface area (Å²) >= 11 is 6.42. The van der Waals surface area contributed by atoms with Crippen molar-refractivity contribution in [2.75, 3.05) is 6.26 Å². The molecule has 1 N–H and O–H groups in total. The fraction of sp³-hybridized carbons (Fsp3) is 0.222. The Morgan fingerprint density at radius 2 is 2.00 bits per heavy atom. The van der Waals surface area contributed by atoms with Gasteiger partial charge in [0.25, 0.3) is 5.56 Å². The smallest absolute Gasteiger partial charge is 0.273 e. The van der Waals surface area contributed by atoms with E-state index in [9.17, 15) is 13.8 Å². The molecule has 0 aliphatic carbocycles. The molecule has 2 atom stereocenters. The molecule has 0 amide bonds. The van der Waals surface area contributed by atoms with Gasteiger partial charge >= 0.3 is 0 Å². The molecule has 1 aromatic carbocycles. The number of allylic oxidation sites excluding steroid dienone is 2. The molecular formula is C27H26ClF2N3O3S. The van der Waals surface area contributed by atoms with Crippen molar-refractivity contribution in [2.24, 2.45) is 4.99 Å². The summed E-state index contributed by atoms with van der Waals surface area (Å²) in [5.74, 6) is -2.05. The first kappa shape index (κ1) is 28.1. The van der Waals surface area contributed by atoms with Crippen LogP contribution in [0.4, 0.5) is 8.78 Å². The maximum Gasteiger partial charge on any atom is 0.273 e. The molecule has 0 bridgehead atoms. The highest BCUT2D eigenvalue weighted by Gasteiger charge is 2.21. The number of rotatable bonds is 8. The van der Waals surface area contributed by atoms with Crippen LogP contribution in [0.3, 0.4) is 0 Å². The molecular weight excluding hydrogens is 520 g/mol. The molecule has 194 valence electrons. The maximum atomic E-state index is 15.6. The van der Waals surface area contributed by atoms with Gasteiger partial charge in [0.2, 0.25) is 5.56 Å². The van der Waals surface area contributed by atoms with Gasteiger partial charge in [0.05, 0.1) is 21.9 Å². The number of hydrogen-bond acceptors (Lipinski definition) is 4. The molecule has 0 radical (unpaired) electrons. The number of aryl methyl sites for hydroxylation is 1. The standard InChI is InChI=1S/C27H26ClF2N3O3S/c1-5-10-32-26(19-7-6-8-22(25(19)30)37(4)36)21(29)15-33-17(3)13-20(24(28)27(33)35)16(2)12-18-9-11-31-23(34)14-18/h5-11,13-16H,12H2,1-4H3,(H,31,34)/b10-5+,21-15-,32-26+. The Morgan fingerprint density at radius 1 is 1.27 bits per heavy atom. The van der Waals surface area contributed by atoms with Crippen LogP contribution in [0.1, 0.15) is 42.1 Å². The van der Waals surface area contributed by atoms with E-state index in [1.165, 1.54) is 42.8 Å². The third-order valence-corrected chi connectivity index (χ3v) is 6.98. The molecule has 0 saturated heterocycles. The zero-order valence-corrected chi connectivity index (χ0v) is 22.3. The average molecular weight is 546 g/mol. The van der Waals surface area contributed by atoms with Crippen LogP contribution in [0.5, 0.6) is 0 Å². The lowest BCUT2D eigenvalue weighted by Crippen LogP contribution is -2.22. The summed E-state index contributed by atoms with van der Waals surface area (Å²) in [6, 6.07) is 9.05. The molecule has 0 aliphatic rings. The van der Waals surface area contributed by atoms with Gasteiger partial charge in [-0.2, -0.15) is 0 Å². The van der Waals surface area contributed by atoms with Crippen molar-refractivity contribution in [3.05, 3.63) is 115 Å². The lowest BCUT2D eigenvalue weighted by molar-refractivity contribution is 0.591. The summed E-state index contributed by atoms with van der Waals surface area (Å²) in [5, 5.41) is -0.0894. The average Bonchev–Trinajstić information content (AvgIpc) is 2.84. The van der Waals surface area contributed by atoms with E-state index in [0.717, 1.165) is 16.3 Å². The molecule has 37 heavy (non-hydrogen) atoms. The third kappa shape index (κ3) is 6.47. The van der Waals surface area contributed by atoms with Gasteiger partial charge in [0.1, 0.15) is 16.6 Å². The Labute approximate surface area is 220 Å². The summed E-state index contributed by atoms with van der Waals surface area (Å²) in [5.41, 5.74) is 0.288. The van der Waals surface area contributed by atoms with Gasteiger partial charge < -0.3 is 4.98 Å². The fourth-order valence-corrected chi connectivity index (χ4v) is 4.81. The first-order chi connectivity index (χ1) is 17.5. The second-order valence-corrected chi connectivity index (χ2v) is 10.1. The predicted molar refractivity (Wildman–Crippen MR) is 145 cm³/mol. The van der Waals surface area contributed by atoms with Crippen molar-refractivity contribution < 1.29 is 13.0 Å². The minimum Gasteiger partial charge on any atom is -0.329 e. The minimum atomic E-state index is -1.64. The van der Waals surface area contributed by atoms with Crippen LogP contribution in [0.25, 0.3) is 6.20 Å². The van der Waals surface area contributed by atoms with Gasteiger partial charge in [-0.15, -0.1) is 0 Å². The van der Waals surface area contributed by atoms with Gasteiger partial charge in [-0.05, 0) is 61.6 Å². The zero-order valence-electron chi connectivity index (χ0n) is 20.7. The van der Waals surface area contributed by atoms with E-state index < -0.39 is 28.0 Å². The van der Waals surface area contributed by atoms with Crippen LogP contribution in [0.15, 0.2) is 80.2 Å².